The molecular weight excluding hydrogens is 467 g/mol. The molecule has 0 unspecified atom stereocenters. The number of para-hydroxylation sites is 2. The van der Waals surface area contributed by atoms with E-state index in [4.69, 9.17) is 4.98 Å². The van der Waals surface area contributed by atoms with Crippen LogP contribution in [0, 0.1) is 5.82 Å². The summed E-state index contributed by atoms with van der Waals surface area (Å²) in [5.41, 5.74) is 3.10. The highest BCUT2D eigenvalue weighted by Crippen LogP contribution is 2.26. The monoisotopic (exact) mass is 506 g/mol. The maximum Gasteiger partial charge on any atom is 0.319 e. The second-order valence-corrected chi connectivity index (χ2v) is 10.3. The molecule has 0 radical (unpaired) electrons. The molecule has 0 spiro atoms. The number of amides is 2. The maximum absolute atomic E-state index is 13.4. The number of imidazole rings is 1. The van der Waals surface area contributed by atoms with Gasteiger partial charge in [-0.2, -0.15) is 0 Å². The first-order valence-electron chi connectivity index (χ1n) is 13.8. The molecule has 0 bridgehead atoms. The van der Waals surface area contributed by atoms with Gasteiger partial charge in [-0.1, -0.05) is 24.3 Å². The summed E-state index contributed by atoms with van der Waals surface area (Å²) in [6.45, 7) is 10.1. The van der Waals surface area contributed by atoms with Crippen molar-refractivity contribution in [2.75, 3.05) is 44.6 Å². The number of hydrogen-bond acceptors (Lipinski definition) is 4. The number of halogens is 1. The van der Waals surface area contributed by atoms with E-state index in [9.17, 15) is 9.18 Å². The lowest BCUT2D eigenvalue weighted by atomic mass is 9.98. The normalized spacial score (nSPS) is 17.9. The van der Waals surface area contributed by atoms with Crippen LogP contribution in [0.1, 0.15) is 45.1 Å². The predicted molar refractivity (Wildman–Crippen MR) is 146 cm³/mol. The van der Waals surface area contributed by atoms with Crippen molar-refractivity contribution in [3.05, 3.63) is 59.9 Å². The summed E-state index contributed by atoms with van der Waals surface area (Å²) < 4.78 is 15.6. The average Bonchev–Trinajstić information content (AvgIpc) is 3.27. The first-order chi connectivity index (χ1) is 18.1. The van der Waals surface area contributed by atoms with Gasteiger partial charge >= 0.3 is 6.03 Å². The number of anilines is 1. The zero-order valence-electron chi connectivity index (χ0n) is 22.1. The van der Waals surface area contributed by atoms with Gasteiger partial charge < -0.3 is 24.6 Å². The Kier molecular flexibility index (Phi) is 7.93. The Morgan fingerprint density at radius 2 is 1.65 bits per heavy atom. The van der Waals surface area contributed by atoms with Crippen LogP contribution in [0.3, 0.4) is 0 Å². The lowest BCUT2D eigenvalue weighted by Crippen LogP contribution is -2.52. The van der Waals surface area contributed by atoms with E-state index < -0.39 is 0 Å². The van der Waals surface area contributed by atoms with Crippen molar-refractivity contribution in [2.45, 2.75) is 58.2 Å². The highest BCUT2D eigenvalue weighted by molar-refractivity contribution is 5.78. The van der Waals surface area contributed by atoms with Crippen LogP contribution in [-0.4, -0.2) is 81.6 Å². The second-order valence-electron chi connectivity index (χ2n) is 10.3. The number of hydrogen-bond donors (Lipinski definition) is 1. The molecule has 37 heavy (non-hydrogen) atoms. The first-order valence-corrected chi connectivity index (χ1v) is 13.8. The fourth-order valence-electron chi connectivity index (χ4n) is 5.83. The highest BCUT2D eigenvalue weighted by Gasteiger charge is 2.31. The van der Waals surface area contributed by atoms with E-state index in [2.05, 4.69) is 20.9 Å². The van der Waals surface area contributed by atoms with E-state index in [1.165, 1.54) is 12.1 Å². The number of likely N-dealkylation sites (tertiary alicyclic amines) is 2. The zero-order chi connectivity index (χ0) is 25.8. The fourth-order valence-corrected chi connectivity index (χ4v) is 5.83. The number of aromatic nitrogens is 2. The lowest BCUT2D eigenvalue weighted by molar-refractivity contribution is 0.0882. The van der Waals surface area contributed by atoms with Crippen molar-refractivity contribution < 1.29 is 9.18 Å². The molecule has 1 N–H and O–H groups in total. The molecule has 198 valence electrons. The Bertz CT molecular complexity index is 1170. The molecule has 2 fully saturated rings. The number of carbonyl (C=O) groups is 1. The van der Waals surface area contributed by atoms with Crippen molar-refractivity contribution in [1.29, 1.82) is 0 Å². The summed E-state index contributed by atoms with van der Waals surface area (Å²) in [5.74, 6) is 0.665. The van der Waals surface area contributed by atoms with Gasteiger partial charge in [0.15, 0.2) is 0 Å². The Hall–Kier alpha value is -3.13. The van der Waals surface area contributed by atoms with Gasteiger partial charge in [0.25, 0.3) is 0 Å². The number of urea groups is 1. The topological polar surface area (TPSA) is 56.6 Å². The van der Waals surface area contributed by atoms with Crippen LogP contribution in [0.4, 0.5) is 15.1 Å². The average molecular weight is 507 g/mol. The first kappa shape index (κ1) is 25.5. The third-order valence-corrected chi connectivity index (χ3v) is 8.06. The number of carbonyl (C=O) groups excluding carboxylic acids is 1. The zero-order valence-corrected chi connectivity index (χ0v) is 22.1. The SMILES string of the molecule is CCN(CC)C(=O)N1CCC(N2CCC(Nc3nc4ccccc4n3Cc3ccc(F)cc3)CC2)CC1. The van der Waals surface area contributed by atoms with Crippen molar-refractivity contribution in [2.24, 2.45) is 0 Å². The highest BCUT2D eigenvalue weighted by atomic mass is 19.1. The van der Waals surface area contributed by atoms with Crippen LogP contribution in [-0.2, 0) is 6.54 Å². The molecule has 3 aromatic rings. The van der Waals surface area contributed by atoms with Crippen LogP contribution < -0.4 is 5.32 Å². The largest absolute Gasteiger partial charge is 0.353 e. The molecule has 2 aromatic carbocycles. The third-order valence-electron chi connectivity index (χ3n) is 8.06. The van der Waals surface area contributed by atoms with Crippen LogP contribution >= 0.6 is 0 Å². The minimum absolute atomic E-state index is 0.190. The Morgan fingerprint density at radius 1 is 0.973 bits per heavy atom. The molecule has 0 saturated carbocycles. The number of nitrogens with zero attached hydrogens (tertiary/aromatic N) is 5. The summed E-state index contributed by atoms with van der Waals surface area (Å²) in [4.78, 5) is 24.2. The van der Waals surface area contributed by atoms with E-state index in [-0.39, 0.29) is 11.8 Å². The van der Waals surface area contributed by atoms with Crippen LogP contribution in [0.2, 0.25) is 0 Å². The molecule has 5 rings (SSSR count). The molecule has 8 heteroatoms. The van der Waals surface area contributed by atoms with Crippen molar-refractivity contribution >= 4 is 23.0 Å². The molecule has 0 atom stereocenters. The summed E-state index contributed by atoms with van der Waals surface area (Å²) in [6.07, 6.45) is 4.24. The molecule has 0 aliphatic carbocycles. The maximum atomic E-state index is 13.4. The Balaban J connectivity index is 1.18. The number of rotatable bonds is 7. The van der Waals surface area contributed by atoms with E-state index in [0.29, 0.717) is 18.6 Å². The molecule has 2 saturated heterocycles. The van der Waals surface area contributed by atoms with Gasteiger partial charge in [-0.3, -0.25) is 0 Å². The minimum atomic E-state index is -0.217. The molecule has 3 heterocycles. The molecule has 2 aliphatic rings. The molecule has 1 aromatic heterocycles. The summed E-state index contributed by atoms with van der Waals surface area (Å²) in [7, 11) is 0. The second kappa shape index (κ2) is 11.5. The smallest absolute Gasteiger partial charge is 0.319 e. The summed E-state index contributed by atoms with van der Waals surface area (Å²) in [6, 6.07) is 16.0. The third kappa shape index (κ3) is 5.74. The molecule has 7 nitrogen and oxygen atoms in total. The van der Waals surface area contributed by atoms with Crippen LogP contribution in [0.5, 0.6) is 0 Å². The number of piperidine rings is 2. The van der Waals surface area contributed by atoms with Crippen molar-refractivity contribution in [1.82, 2.24) is 24.3 Å². The van der Waals surface area contributed by atoms with Gasteiger partial charge in [-0.05, 0) is 69.4 Å². The summed E-state index contributed by atoms with van der Waals surface area (Å²) in [5, 5.41) is 3.73. The molecule has 2 aliphatic heterocycles. The quantitative estimate of drug-likeness (QED) is 0.489. The van der Waals surface area contributed by atoms with Crippen molar-refractivity contribution in [3.63, 3.8) is 0 Å². The van der Waals surface area contributed by atoms with Gasteiger partial charge in [0, 0.05) is 51.4 Å². The molecular formula is C29H39FN6O. The Labute approximate surface area is 219 Å². The van der Waals surface area contributed by atoms with Gasteiger partial charge in [0.05, 0.1) is 17.6 Å². The standard InChI is InChI=1S/C29H39FN6O/c1-3-33(4-2)29(37)35-19-15-25(16-20-35)34-17-13-24(14-18-34)31-28-32-26-7-5-6-8-27(26)36(28)21-22-9-11-23(30)12-10-22/h5-12,24-25H,3-4,13-21H2,1-2H3,(H,31,32). The fraction of sp³-hybridized carbons (Fsp3) is 0.517. The van der Waals surface area contributed by atoms with Crippen LogP contribution in [0.25, 0.3) is 11.0 Å². The van der Waals surface area contributed by atoms with Gasteiger partial charge in [0.2, 0.25) is 5.95 Å². The lowest BCUT2D eigenvalue weighted by Gasteiger charge is -2.42. The molecule has 2 amide bonds. The number of benzene rings is 2. The van der Waals surface area contributed by atoms with Crippen molar-refractivity contribution in [3.8, 4) is 0 Å². The van der Waals surface area contributed by atoms with E-state index in [1.807, 2.05) is 54.0 Å². The summed E-state index contributed by atoms with van der Waals surface area (Å²) >= 11 is 0. The van der Waals surface area contributed by atoms with Crippen LogP contribution in [0.15, 0.2) is 48.5 Å². The van der Waals surface area contributed by atoms with Gasteiger partial charge in [-0.25, -0.2) is 14.2 Å². The minimum Gasteiger partial charge on any atom is -0.353 e. The predicted octanol–water partition coefficient (Wildman–Crippen LogP) is 5.03. The number of nitrogens with one attached hydrogen (secondary N) is 1. The number of fused-ring (bicyclic) bond motifs is 1. The van der Waals surface area contributed by atoms with E-state index >= 15 is 0 Å². The van der Waals surface area contributed by atoms with Gasteiger partial charge in [0.1, 0.15) is 5.82 Å². The van der Waals surface area contributed by atoms with Gasteiger partial charge in [-0.15, -0.1) is 0 Å². The van der Waals surface area contributed by atoms with E-state index in [0.717, 1.165) is 87.5 Å². The van der Waals surface area contributed by atoms with E-state index in [1.54, 1.807) is 0 Å². The Morgan fingerprint density at radius 3 is 2.32 bits per heavy atom.